The van der Waals surface area contributed by atoms with Gasteiger partial charge in [-0.05, 0) is 12.8 Å². The number of hydrogen-bond acceptors (Lipinski definition) is 3. The van der Waals surface area contributed by atoms with Gasteiger partial charge in [0.15, 0.2) is 0 Å². The zero-order valence-electron chi connectivity index (χ0n) is 10.2. The maximum atomic E-state index is 11.6. The first-order chi connectivity index (χ1) is 7.10. The SMILES string of the molecule is CCC(CC)C(C)NC(=O)C(CN)OC. The van der Waals surface area contributed by atoms with Crippen molar-refractivity contribution in [3.8, 4) is 0 Å². The second-order valence-electron chi connectivity index (χ2n) is 3.83. The zero-order valence-corrected chi connectivity index (χ0v) is 10.2. The van der Waals surface area contributed by atoms with Crippen LogP contribution in [0.3, 0.4) is 0 Å². The average molecular weight is 216 g/mol. The van der Waals surface area contributed by atoms with Crippen LogP contribution in [0.5, 0.6) is 0 Å². The third kappa shape index (κ3) is 4.62. The van der Waals surface area contributed by atoms with E-state index in [0.717, 1.165) is 12.8 Å². The molecule has 0 aromatic heterocycles. The average Bonchev–Trinajstić information content (AvgIpc) is 2.21. The predicted molar refractivity (Wildman–Crippen MR) is 61.5 cm³/mol. The van der Waals surface area contributed by atoms with Crippen LogP contribution >= 0.6 is 0 Å². The summed E-state index contributed by atoms with van der Waals surface area (Å²) < 4.78 is 4.97. The summed E-state index contributed by atoms with van der Waals surface area (Å²) in [6.45, 7) is 6.51. The van der Waals surface area contributed by atoms with Crippen molar-refractivity contribution in [2.75, 3.05) is 13.7 Å². The molecule has 0 radical (unpaired) electrons. The minimum Gasteiger partial charge on any atom is -0.370 e. The molecule has 0 aliphatic rings. The molecule has 0 aromatic rings. The molecule has 0 fully saturated rings. The Bertz CT molecular complexity index is 177. The van der Waals surface area contributed by atoms with Crippen LogP contribution < -0.4 is 11.1 Å². The number of carbonyl (C=O) groups is 1. The van der Waals surface area contributed by atoms with Crippen LogP contribution in [-0.4, -0.2) is 31.7 Å². The van der Waals surface area contributed by atoms with Gasteiger partial charge >= 0.3 is 0 Å². The molecular formula is C11H24N2O2. The van der Waals surface area contributed by atoms with E-state index in [1.165, 1.54) is 7.11 Å². The van der Waals surface area contributed by atoms with Crippen molar-refractivity contribution in [2.45, 2.75) is 45.8 Å². The molecular weight excluding hydrogens is 192 g/mol. The lowest BCUT2D eigenvalue weighted by Crippen LogP contribution is -2.46. The molecule has 4 nitrogen and oxygen atoms in total. The summed E-state index contributed by atoms with van der Waals surface area (Å²) in [7, 11) is 1.50. The molecule has 90 valence electrons. The van der Waals surface area contributed by atoms with E-state index >= 15 is 0 Å². The van der Waals surface area contributed by atoms with Crippen LogP contribution in [0.2, 0.25) is 0 Å². The highest BCUT2D eigenvalue weighted by Gasteiger charge is 2.20. The summed E-state index contributed by atoms with van der Waals surface area (Å²) in [6.07, 6.45) is 1.61. The van der Waals surface area contributed by atoms with E-state index in [0.29, 0.717) is 5.92 Å². The van der Waals surface area contributed by atoms with Crippen molar-refractivity contribution in [1.82, 2.24) is 5.32 Å². The fourth-order valence-corrected chi connectivity index (χ4v) is 1.74. The molecule has 15 heavy (non-hydrogen) atoms. The first-order valence-electron chi connectivity index (χ1n) is 5.63. The summed E-state index contributed by atoms with van der Waals surface area (Å²) in [4.78, 5) is 11.6. The van der Waals surface area contributed by atoms with Crippen molar-refractivity contribution in [1.29, 1.82) is 0 Å². The molecule has 3 N–H and O–H groups in total. The first kappa shape index (κ1) is 14.4. The zero-order chi connectivity index (χ0) is 11.8. The van der Waals surface area contributed by atoms with Crippen LogP contribution in [0.1, 0.15) is 33.6 Å². The summed E-state index contributed by atoms with van der Waals surface area (Å²) in [6, 6.07) is 0.177. The van der Waals surface area contributed by atoms with Crippen molar-refractivity contribution in [3.63, 3.8) is 0 Å². The summed E-state index contributed by atoms with van der Waals surface area (Å²) in [5.74, 6) is 0.406. The van der Waals surface area contributed by atoms with Crippen molar-refractivity contribution in [2.24, 2.45) is 11.7 Å². The van der Waals surface area contributed by atoms with Gasteiger partial charge in [0.05, 0.1) is 0 Å². The molecule has 0 aliphatic heterocycles. The van der Waals surface area contributed by atoms with Gasteiger partial charge in [-0.3, -0.25) is 4.79 Å². The number of ether oxygens (including phenoxy) is 1. The second-order valence-corrected chi connectivity index (χ2v) is 3.83. The number of methoxy groups -OCH3 is 1. The van der Waals surface area contributed by atoms with E-state index in [4.69, 9.17) is 10.5 Å². The lowest BCUT2D eigenvalue weighted by Gasteiger charge is -2.24. The largest absolute Gasteiger partial charge is 0.370 e. The number of carbonyl (C=O) groups excluding carboxylic acids is 1. The van der Waals surface area contributed by atoms with Gasteiger partial charge in [-0.2, -0.15) is 0 Å². The Kier molecular flexibility index (Phi) is 7.34. The molecule has 0 spiro atoms. The molecule has 0 bridgehead atoms. The molecule has 4 heteroatoms. The highest BCUT2D eigenvalue weighted by Crippen LogP contribution is 2.12. The molecule has 0 saturated carbocycles. The number of nitrogens with two attached hydrogens (primary N) is 1. The monoisotopic (exact) mass is 216 g/mol. The Balaban J connectivity index is 4.15. The molecule has 0 rings (SSSR count). The number of amides is 1. The summed E-state index contributed by atoms with van der Waals surface area (Å²) in [5.41, 5.74) is 5.42. The fraction of sp³-hybridized carbons (Fsp3) is 0.909. The molecule has 0 aromatic carbocycles. The Morgan fingerprint density at radius 1 is 1.40 bits per heavy atom. The van der Waals surface area contributed by atoms with Crippen molar-refractivity contribution >= 4 is 5.91 Å². The predicted octanol–water partition coefficient (Wildman–Crippen LogP) is 0.901. The van der Waals surface area contributed by atoms with Gasteiger partial charge < -0.3 is 15.8 Å². The normalized spacial score (nSPS) is 15.1. The maximum Gasteiger partial charge on any atom is 0.250 e. The van der Waals surface area contributed by atoms with E-state index < -0.39 is 6.10 Å². The van der Waals surface area contributed by atoms with Gasteiger partial charge in [-0.15, -0.1) is 0 Å². The Morgan fingerprint density at radius 2 is 1.93 bits per heavy atom. The summed E-state index contributed by atoms with van der Waals surface area (Å²) in [5, 5.41) is 2.94. The fourth-order valence-electron chi connectivity index (χ4n) is 1.74. The molecule has 0 heterocycles. The van der Waals surface area contributed by atoms with Gasteiger partial charge in [-0.1, -0.05) is 26.7 Å². The van der Waals surface area contributed by atoms with Gasteiger partial charge in [0.1, 0.15) is 6.10 Å². The van der Waals surface area contributed by atoms with Crippen LogP contribution in [0.15, 0.2) is 0 Å². The first-order valence-corrected chi connectivity index (χ1v) is 5.63. The highest BCUT2D eigenvalue weighted by atomic mass is 16.5. The third-order valence-corrected chi connectivity index (χ3v) is 2.92. The Hall–Kier alpha value is -0.610. The van der Waals surface area contributed by atoms with Crippen LogP contribution in [0.4, 0.5) is 0 Å². The third-order valence-electron chi connectivity index (χ3n) is 2.92. The van der Waals surface area contributed by atoms with E-state index in [2.05, 4.69) is 19.2 Å². The van der Waals surface area contributed by atoms with Crippen LogP contribution in [0, 0.1) is 5.92 Å². The van der Waals surface area contributed by atoms with Gasteiger partial charge in [0, 0.05) is 19.7 Å². The maximum absolute atomic E-state index is 11.6. The Labute approximate surface area is 92.6 Å². The number of rotatable bonds is 7. The van der Waals surface area contributed by atoms with E-state index in [1.807, 2.05) is 6.92 Å². The standard InChI is InChI=1S/C11H24N2O2/c1-5-9(6-2)8(3)13-11(14)10(7-12)15-4/h8-10H,5-7,12H2,1-4H3,(H,13,14). The number of hydrogen-bond donors (Lipinski definition) is 2. The lowest BCUT2D eigenvalue weighted by atomic mass is 9.95. The topological polar surface area (TPSA) is 64.4 Å². The Morgan fingerprint density at radius 3 is 2.27 bits per heavy atom. The molecule has 0 saturated heterocycles. The number of nitrogens with one attached hydrogen (secondary N) is 1. The molecule has 0 aliphatic carbocycles. The highest BCUT2D eigenvalue weighted by molar-refractivity contribution is 5.81. The van der Waals surface area contributed by atoms with Crippen LogP contribution in [0.25, 0.3) is 0 Å². The van der Waals surface area contributed by atoms with Crippen molar-refractivity contribution < 1.29 is 9.53 Å². The summed E-state index contributed by atoms with van der Waals surface area (Å²) >= 11 is 0. The van der Waals surface area contributed by atoms with Crippen LogP contribution in [-0.2, 0) is 9.53 Å². The van der Waals surface area contributed by atoms with E-state index in [1.54, 1.807) is 0 Å². The minimum atomic E-state index is -0.526. The van der Waals surface area contributed by atoms with Gasteiger partial charge in [0.25, 0.3) is 5.91 Å². The lowest BCUT2D eigenvalue weighted by molar-refractivity contribution is -0.131. The van der Waals surface area contributed by atoms with Crippen molar-refractivity contribution in [3.05, 3.63) is 0 Å². The van der Waals surface area contributed by atoms with E-state index in [9.17, 15) is 4.79 Å². The van der Waals surface area contributed by atoms with E-state index in [-0.39, 0.29) is 18.5 Å². The quantitative estimate of drug-likeness (QED) is 0.664. The molecule has 2 atom stereocenters. The smallest absolute Gasteiger partial charge is 0.250 e. The molecule has 2 unspecified atom stereocenters. The second kappa shape index (κ2) is 7.65. The minimum absolute atomic E-state index is 0.112. The van der Waals surface area contributed by atoms with Gasteiger partial charge in [-0.25, -0.2) is 0 Å². The molecule has 1 amide bonds. The van der Waals surface area contributed by atoms with Gasteiger partial charge in [0.2, 0.25) is 0 Å².